The third-order valence-electron chi connectivity index (χ3n) is 3.02. The molecule has 2 aromatic heterocycles. The molecule has 0 saturated carbocycles. The highest BCUT2D eigenvalue weighted by Crippen LogP contribution is 2.13. The standard InChI is InChI=1S/C15H21N3/c1-13-8-9-16-15(12-13)18-11-5-7-14(18)6-4-10-17(2)3/h5,7-9,11-12H,4,6,10H2,1-3H3. The van der Waals surface area contributed by atoms with Crippen LogP contribution in [0.2, 0.25) is 0 Å². The number of rotatable bonds is 5. The summed E-state index contributed by atoms with van der Waals surface area (Å²) >= 11 is 0. The molecule has 0 bridgehead atoms. The van der Waals surface area contributed by atoms with Gasteiger partial charge in [0.25, 0.3) is 0 Å². The minimum Gasteiger partial charge on any atom is -0.309 e. The Kier molecular flexibility index (Phi) is 4.15. The van der Waals surface area contributed by atoms with E-state index in [-0.39, 0.29) is 0 Å². The summed E-state index contributed by atoms with van der Waals surface area (Å²) in [6, 6.07) is 8.42. The molecule has 0 aliphatic heterocycles. The van der Waals surface area contributed by atoms with Gasteiger partial charge in [0.2, 0.25) is 0 Å². The van der Waals surface area contributed by atoms with Crippen LogP contribution in [0.3, 0.4) is 0 Å². The summed E-state index contributed by atoms with van der Waals surface area (Å²) in [4.78, 5) is 6.66. The summed E-state index contributed by atoms with van der Waals surface area (Å²) in [6.45, 7) is 3.22. The van der Waals surface area contributed by atoms with Gasteiger partial charge in [-0.25, -0.2) is 4.98 Å². The van der Waals surface area contributed by atoms with E-state index in [1.54, 1.807) is 0 Å². The van der Waals surface area contributed by atoms with Gasteiger partial charge in [-0.15, -0.1) is 0 Å². The fourth-order valence-corrected chi connectivity index (χ4v) is 2.07. The zero-order valence-corrected chi connectivity index (χ0v) is 11.4. The first-order valence-corrected chi connectivity index (χ1v) is 6.41. The van der Waals surface area contributed by atoms with E-state index in [2.05, 4.69) is 59.9 Å². The molecule has 0 aromatic carbocycles. The molecule has 0 N–H and O–H groups in total. The van der Waals surface area contributed by atoms with Crippen LogP contribution in [0.4, 0.5) is 0 Å². The van der Waals surface area contributed by atoms with Gasteiger partial charge in [-0.05, 0) is 70.2 Å². The smallest absolute Gasteiger partial charge is 0.137 e. The molecule has 0 atom stereocenters. The molecule has 0 spiro atoms. The molecule has 18 heavy (non-hydrogen) atoms. The quantitative estimate of drug-likeness (QED) is 0.805. The van der Waals surface area contributed by atoms with Crippen molar-refractivity contribution in [3.8, 4) is 5.82 Å². The first-order valence-electron chi connectivity index (χ1n) is 6.41. The molecule has 0 radical (unpaired) electrons. The molecule has 0 saturated heterocycles. The molecule has 2 rings (SSSR count). The van der Waals surface area contributed by atoms with Crippen LogP contribution in [-0.2, 0) is 6.42 Å². The van der Waals surface area contributed by atoms with Gasteiger partial charge in [-0.3, -0.25) is 0 Å². The van der Waals surface area contributed by atoms with E-state index in [0.29, 0.717) is 0 Å². The van der Waals surface area contributed by atoms with E-state index in [0.717, 1.165) is 18.8 Å². The van der Waals surface area contributed by atoms with Crippen LogP contribution in [0.25, 0.3) is 5.82 Å². The maximum Gasteiger partial charge on any atom is 0.137 e. The lowest BCUT2D eigenvalue weighted by molar-refractivity contribution is 0.399. The van der Waals surface area contributed by atoms with Crippen molar-refractivity contribution in [1.29, 1.82) is 0 Å². The largest absolute Gasteiger partial charge is 0.309 e. The van der Waals surface area contributed by atoms with E-state index in [9.17, 15) is 0 Å². The number of pyridine rings is 1. The van der Waals surface area contributed by atoms with Crippen LogP contribution in [0.15, 0.2) is 36.7 Å². The average molecular weight is 243 g/mol. The fraction of sp³-hybridized carbons (Fsp3) is 0.400. The first kappa shape index (κ1) is 12.8. The fourth-order valence-electron chi connectivity index (χ4n) is 2.07. The van der Waals surface area contributed by atoms with Gasteiger partial charge in [-0.1, -0.05) is 0 Å². The minimum absolute atomic E-state index is 1.01. The first-order chi connectivity index (χ1) is 8.66. The second kappa shape index (κ2) is 5.83. The average Bonchev–Trinajstić information content (AvgIpc) is 2.77. The molecule has 2 heterocycles. The van der Waals surface area contributed by atoms with Crippen molar-refractivity contribution in [3.05, 3.63) is 47.9 Å². The second-order valence-electron chi connectivity index (χ2n) is 4.97. The number of aryl methyl sites for hydroxylation is 2. The number of aromatic nitrogens is 2. The SMILES string of the molecule is Cc1ccnc(-n2cccc2CCCN(C)C)c1. The van der Waals surface area contributed by atoms with Gasteiger partial charge in [-0.2, -0.15) is 0 Å². The maximum absolute atomic E-state index is 4.44. The lowest BCUT2D eigenvalue weighted by Gasteiger charge is -2.11. The van der Waals surface area contributed by atoms with Crippen molar-refractivity contribution in [2.75, 3.05) is 20.6 Å². The van der Waals surface area contributed by atoms with Crippen molar-refractivity contribution < 1.29 is 0 Å². The van der Waals surface area contributed by atoms with Crippen molar-refractivity contribution in [2.45, 2.75) is 19.8 Å². The Hall–Kier alpha value is -1.61. The molecule has 0 unspecified atom stereocenters. The summed E-state index contributed by atoms with van der Waals surface area (Å²) in [7, 11) is 4.22. The van der Waals surface area contributed by atoms with E-state index >= 15 is 0 Å². The molecule has 3 nitrogen and oxygen atoms in total. The maximum atomic E-state index is 4.44. The molecule has 0 aliphatic rings. The highest BCUT2D eigenvalue weighted by Gasteiger charge is 2.04. The van der Waals surface area contributed by atoms with Crippen LogP contribution in [0.1, 0.15) is 17.7 Å². The van der Waals surface area contributed by atoms with Crippen molar-refractivity contribution in [2.24, 2.45) is 0 Å². The molecular formula is C15H21N3. The van der Waals surface area contributed by atoms with Crippen molar-refractivity contribution in [1.82, 2.24) is 14.5 Å². The lowest BCUT2D eigenvalue weighted by atomic mass is 10.2. The van der Waals surface area contributed by atoms with E-state index in [1.165, 1.54) is 17.7 Å². The predicted molar refractivity (Wildman–Crippen MR) is 75.2 cm³/mol. The summed E-state index contributed by atoms with van der Waals surface area (Å²) in [5.74, 6) is 1.01. The second-order valence-corrected chi connectivity index (χ2v) is 4.97. The molecule has 0 amide bonds. The Balaban J connectivity index is 2.12. The molecule has 0 fully saturated rings. The van der Waals surface area contributed by atoms with Gasteiger partial charge in [0, 0.05) is 18.1 Å². The topological polar surface area (TPSA) is 21.1 Å². The van der Waals surface area contributed by atoms with Gasteiger partial charge >= 0.3 is 0 Å². The van der Waals surface area contributed by atoms with Gasteiger partial charge in [0.05, 0.1) is 0 Å². The monoisotopic (exact) mass is 243 g/mol. The van der Waals surface area contributed by atoms with Crippen LogP contribution >= 0.6 is 0 Å². The lowest BCUT2D eigenvalue weighted by Crippen LogP contribution is -2.14. The summed E-state index contributed by atoms with van der Waals surface area (Å²) < 4.78 is 2.18. The summed E-state index contributed by atoms with van der Waals surface area (Å²) in [6.07, 6.45) is 6.21. The third kappa shape index (κ3) is 3.20. The van der Waals surface area contributed by atoms with E-state index in [1.807, 2.05) is 12.3 Å². The Bertz CT molecular complexity index is 500. The molecule has 2 aromatic rings. The third-order valence-corrected chi connectivity index (χ3v) is 3.02. The summed E-state index contributed by atoms with van der Waals surface area (Å²) in [5.41, 5.74) is 2.57. The Labute approximate surface area is 109 Å². The minimum atomic E-state index is 1.01. The number of nitrogens with zero attached hydrogens (tertiary/aromatic N) is 3. The molecule has 3 heteroatoms. The number of hydrogen-bond acceptors (Lipinski definition) is 2. The molecule has 96 valence electrons. The van der Waals surface area contributed by atoms with E-state index < -0.39 is 0 Å². The highest BCUT2D eigenvalue weighted by molar-refractivity contribution is 5.30. The Morgan fingerprint density at radius 2 is 2.11 bits per heavy atom. The van der Waals surface area contributed by atoms with Gasteiger partial charge < -0.3 is 9.47 Å². The zero-order chi connectivity index (χ0) is 13.0. The molecule has 0 aliphatic carbocycles. The van der Waals surface area contributed by atoms with Crippen molar-refractivity contribution in [3.63, 3.8) is 0 Å². The molecular weight excluding hydrogens is 222 g/mol. The van der Waals surface area contributed by atoms with Crippen LogP contribution < -0.4 is 0 Å². The van der Waals surface area contributed by atoms with Crippen LogP contribution in [-0.4, -0.2) is 35.1 Å². The normalized spacial score (nSPS) is 11.1. The summed E-state index contributed by atoms with van der Waals surface area (Å²) in [5, 5.41) is 0. The Morgan fingerprint density at radius 3 is 2.83 bits per heavy atom. The zero-order valence-electron chi connectivity index (χ0n) is 11.4. The number of hydrogen-bond donors (Lipinski definition) is 0. The Morgan fingerprint density at radius 1 is 1.28 bits per heavy atom. The van der Waals surface area contributed by atoms with Gasteiger partial charge in [0.15, 0.2) is 0 Å². The van der Waals surface area contributed by atoms with Crippen molar-refractivity contribution >= 4 is 0 Å². The highest BCUT2D eigenvalue weighted by atomic mass is 15.1. The van der Waals surface area contributed by atoms with Crippen LogP contribution in [0.5, 0.6) is 0 Å². The van der Waals surface area contributed by atoms with E-state index in [4.69, 9.17) is 0 Å². The predicted octanol–water partition coefficient (Wildman–Crippen LogP) is 2.67. The van der Waals surface area contributed by atoms with Crippen LogP contribution in [0, 0.1) is 6.92 Å². The van der Waals surface area contributed by atoms with Gasteiger partial charge in [0.1, 0.15) is 5.82 Å².